The van der Waals surface area contributed by atoms with Crippen molar-refractivity contribution in [1.29, 1.82) is 0 Å². The van der Waals surface area contributed by atoms with Gasteiger partial charge >= 0.3 is 0 Å². The lowest BCUT2D eigenvalue weighted by atomic mass is 10.3. The summed E-state index contributed by atoms with van der Waals surface area (Å²) in [4.78, 5) is 15.4. The number of hydrogen-bond acceptors (Lipinski definition) is 5. The van der Waals surface area contributed by atoms with Crippen LogP contribution in [0, 0.1) is 0 Å². The van der Waals surface area contributed by atoms with E-state index < -0.39 is 0 Å². The van der Waals surface area contributed by atoms with Crippen molar-refractivity contribution in [3.05, 3.63) is 104 Å². The number of hydrogen-bond donors (Lipinski definition) is 1. The second-order valence-corrected chi connectivity index (χ2v) is 5.17. The predicted octanol–water partition coefficient (Wildman–Crippen LogP) is 5.19. The summed E-state index contributed by atoms with van der Waals surface area (Å²) in [5.74, 6) is 0. The van der Waals surface area contributed by atoms with E-state index in [0.29, 0.717) is 16.7 Å². The Hall–Kier alpha value is -3.93. The van der Waals surface area contributed by atoms with Crippen LogP contribution in [0.5, 0.6) is 0 Å². The maximum atomic E-state index is 5.63. The molecule has 0 aliphatic carbocycles. The topological polar surface area (TPSA) is 80.7 Å². The van der Waals surface area contributed by atoms with Gasteiger partial charge in [0, 0.05) is 0 Å². The monoisotopic (exact) mass is 358 g/mol. The van der Waals surface area contributed by atoms with Gasteiger partial charge in [-0.25, -0.2) is 15.0 Å². The fraction of sp³-hybridized carbons (Fsp3) is 0. The van der Waals surface area contributed by atoms with Crippen LogP contribution in [0.2, 0.25) is 0 Å². The highest BCUT2D eigenvalue weighted by atomic mass is 16.3. The number of H-pyrrole nitrogens is 1. The highest BCUT2D eigenvalue weighted by Gasteiger charge is 1.88. The van der Waals surface area contributed by atoms with Crippen LogP contribution in [0.25, 0.3) is 22.2 Å². The van der Waals surface area contributed by atoms with Gasteiger partial charge in [0.2, 0.25) is 0 Å². The van der Waals surface area contributed by atoms with Gasteiger partial charge in [0.1, 0.15) is 23.8 Å². The Labute approximate surface area is 155 Å². The molecule has 0 fully saturated rings. The minimum Gasteiger partial charge on any atom is -0.463 e. The molecule has 0 unspecified atom stereocenters. The van der Waals surface area contributed by atoms with Crippen molar-refractivity contribution < 1.29 is 8.83 Å². The Morgan fingerprint density at radius 1 is 0.630 bits per heavy atom. The van der Waals surface area contributed by atoms with E-state index in [4.69, 9.17) is 8.83 Å². The number of nitrogens with zero attached hydrogens (tertiary/aromatic N) is 3. The van der Waals surface area contributed by atoms with Crippen LogP contribution < -0.4 is 0 Å². The van der Waals surface area contributed by atoms with E-state index in [1.165, 1.54) is 19.0 Å². The Bertz CT molecular complexity index is 1020. The average molecular weight is 358 g/mol. The summed E-state index contributed by atoms with van der Waals surface area (Å²) in [6, 6.07) is 22.2. The summed E-state index contributed by atoms with van der Waals surface area (Å²) in [5.41, 5.74) is 2.77. The molecule has 0 saturated carbocycles. The van der Waals surface area contributed by atoms with Gasteiger partial charge in [-0.05, 0) is 36.4 Å². The molecular formula is C21H18N4O2. The van der Waals surface area contributed by atoms with Gasteiger partial charge in [-0.3, -0.25) is 0 Å². The summed E-state index contributed by atoms with van der Waals surface area (Å²) in [6.45, 7) is 0. The standard InChI is InChI=1S/C21H18N4O2/c1-2-8-14-27-21-12-6-4-10-19(21)25-17-23-15-22-16-24-18-9-3-5-11-20(18)26-13-7-1/h1-17H,(H,22,23,24,25). The molecular weight excluding hydrogens is 340 g/mol. The summed E-state index contributed by atoms with van der Waals surface area (Å²) >= 11 is 0. The number of fused-ring (bicyclic) bond motifs is 2. The highest BCUT2D eigenvalue weighted by Crippen LogP contribution is 2.07. The number of aromatic nitrogens is 4. The van der Waals surface area contributed by atoms with Gasteiger partial charge in [-0.2, -0.15) is 0 Å². The number of benzene rings is 2. The molecule has 2 aromatic carbocycles. The third kappa shape index (κ3) is 5.82. The molecule has 6 heteroatoms. The summed E-state index contributed by atoms with van der Waals surface area (Å²) in [5, 5.41) is 0. The molecule has 1 N–H and O–H groups in total. The molecule has 0 atom stereocenters. The molecule has 1 aromatic heterocycles. The first kappa shape index (κ1) is 17.9. The Kier molecular flexibility index (Phi) is 6.72. The third-order valence-corrected chi connectivity index (χ3v) is 3.32. The Morgan fingerprint density at radius 3 is 2.19 bits per heavy atom. The molecule has 3 aromatic rings. The van der Waals surface area contributed by atoms with Crippen LogP contribution >= 0.6 is 0 Å². The van der Waals surface area contributed by atoms with Crippen molar-refractivity contribution in [3.8, 4) is 0 Å². The van der Waals surface area contributed by atoms with Crippen LogP contribution in [-0.4, -0.2) is 19.9 Å². The zero-order valence-electron chi connectivity index (χ0n) is 14.5. The number of para-hydroxylation sites is 4. The van der Waals surface area contributed by atoms with Crippen molar-refractivity contribution in [3.63, 3.8) is 0 Å². The molecule has 0 saturated heterocycles. The molecule has 1 heterocycles. The Morgan fingerprint density at radius 2 is 1.33 bits per heavy atom. The maximum Gasteiger partial charge on any atom is 0.152 e. The highest BCUT2D eigenvalue weighted by molar-refractivity contribution is 5.70. The lowest BCUT2D eigenvalue weighted by Crippen LogP contribution is -1.74. The van der Waals surface area contributed by atoms with Gasteiger partial charge in [-0.15, -0.1) is 0 Å². The van der Waals surface area contributed by atoms with Crippen LogP contribution in [0.15, 0.2) is 113 Å². The summed E-state index contributed by atoms with van der Waals surface area (Å²) < 4.78 is 11.2. The molecule has 0 aliphatic rings. The zero-order chi connectivity index (χ0) is 18.6. The molecule has 134 valence electrons. The normalized spacial score (nSPS) is 9.48. The third-order valence-electron chi connectivity index (χ3n) is 3.32. The largest absolute Gasteiger partial charge is 0.463 e. The van der Waals surface area contributed by atoms with E-state index in [9.17, 15) is 0 Å². The number of aromatic amines is 1. The van der Waals surface area contributed by atoms with Gasteiger partial charge in [-0.1, -0.05) is 36.4 Å². The van der Waals surface area contributed by atoms with Gasteiger partial charge in [0.25, 0.3) is 0 Å². The first-order valence-corrected chi connectivity index (χ1v) is 8.25. The SMILES string of the molecule is c1cccoc2ccccc2[nH]cncncnc2ccccc2occ1. The van der Waals surface area contributed by atoms with Crippen molar-refractivity contribution in [2.45, 2.75) is 0 Å². The first-order valence-electron chi connectivity index (χ1n) is 8.25. The average Bonchev–Trinajstić information content (AvgIpc) is 2.70. The van der Waals surface area contributed by atoms with Crippen molar-refractivity contribution in [2.75, 3.05) is 0 Å². The van der Waals surface area contributed by atoms with Crippen molar-refractivity contribution in [2.24, 2.45) is 0 Å². The van der Waals surface area contributed by atoms with E-state index in [1.54, 1.807) is 24.7 Å². The second kappa shape index (κ2) is 10.1. The maximum absolute atomic E-state index is 5.63. The van der Waals surface area contributed by atoms with E-state index in [2.05, 4.69) is 19.9 Å². The quantitative estimate of drug-likeness (QED) is 0.598. The minimum atomic E-state index is 0.631. The smallest absolute Gasteiger partial charge is 0.152 e. The first-order chi connectivity index (χ1) is 13.4. The lowest BCUT2D eigenvalue weighted by molar-refractivity contribution is 0.604. The Balaban J connectivity index is 2.14. The van der Waals surface area contributed by atoms with Crippen LogP contribution in [0.3, 0.4) is 0 Å². The summed E-state index contributed by atoms with van der Waals surface area (Å²) in [7, 11) is 0. The van der Waals surface area contributed by atoms with Gasteiger partial charge in [0.15, 0.2) is 5.58 Å². The van der Waals surface area contributed by atoms with E-state index in [-0.39, 0.29) is 0 Å². The number of rotatable bonds is 0. The van der Waals surface area contributed by atoms with Gasteiger partial charge in [0.05, 0.1) is 24.4 Å². The van der Waals surface area contributed by atoms with E-state index >= 15 is 0 Å². The van der Waals surface area contributed by atoms with E-state index in [1.807, 2.05) is 60.7 Å². The second-order valence-electron chi connectivity index (χ2n) is 5.17. The summed E-state index contributed by atoms with van der Waals surface area (Å²) in [6.07, 6.45) is 7.51. The predicted molar refractivity (Wildman–Crippen MR) is 104 cm³/mol. The van der Waals surface area contributed by atoms with Crippen molar-refractivity contribution in [1.82, 2.24) is 19.9 Å². The fourth-order valence-corrected chi connectivity index (χ4v) is 2.10. The molecule has 27 heavy (non-hydrogen) atoms. The van der Waals surface area contributed by atoms with Gasteiger partial charge < -0.3 is 13.8 Å². The number of nitrogens with one attached hydrogen (secondary N) is 1. The molecule has 0 amide bonds. The fourth-order valence-electron chi connectivity index (χ4n) is 2.10. The molecule has 6 nitrogen and oxygen atoms in total. The molecule has 0 radical (unpaired) electrons. The molecule has 0 bridgehead atoms. The zero-order valence-corrected chi connectivity index (χ0v) is 14.5. The minimum absolute atomic E-state index is 0.631. The van der Waals surface area contributed by atoms with Crippen LogP contribution in [0.4, 0.5) is 0 Å². The molecule has 3 rings (SSSR count). The molecule has 0 spiro atoms. The van der Waals surface area contributed by atoms with Crippen LogP contribution in [-0.2, 0) is 0 Å². The van der Waals surface area contributed by atoms with E-state index in [0.717, 1.165) is 5.52 Å². The van der Waals surface area contributed by atoms with Crippen LogP contribution in [0.1, 0.15) is 0 Å². The van der Waals surface area contributed by atoms with Crippen molar-refractivity contribution >= 4 is 22.2 Å². The molecule has 0 aliphatic heterocycles. The lowest BCUT2D eigenvalue weighted by Gasteiger charge is -1.89.